The molecule has 1 aliphatic rings. The molecule has 1 heterocycles. The molecule has 0 radical (unpaired) electrons. The normalized spacial score (nSPS) is 21.2. The highest BCUT2D eigenvalue weighted by molar-refractivity contribution is 9.10. The number of piperidine rings is 1. The van der Waals surface area contributed by atoms with Crippen molar-refractivity contribution in [2.45, 2.75) is 59.4 Å². The van der Waals surface area contributed by atoms with E-state index in [0.29, 0.717) is 19.1 Å². The first kappa shape index (κ1) is 20.1. The zero-order valence-electron chi connectivity index (χ0n) is 15.7. The Morgan fingerprint density at radius 2 is 2.12 bits per heavy atom. The van der Waals surface area contributed by atoms with Crippen LogP contribution in [0.15, 0.2) is 22.7 Å². The maximum Gasteiger partial charge on any atom is 0.407 e. The van der Waals surface area contributed by atoms with E-state index in [1.54, 1.807) is 4.90 Å². The smallest absolute Gasteiger partial charge is 0.407 e. The van der Waals surface area contributed by atoms with Crippen LogP contribution >= 0.6 is 15.9 Å². The van der Waals surface area contributed by atoms with Gasteiger partial charge in [0, 0.05) is 17.1 Å². The number of halogens is 1. The molecular formula is C20H30BrNO3. The van der Waals surface area contributed by atoms with Gasteiger partial charge in [-0.2, -0.15) is 0 Å². The minimum Gasteiger partial charge on any atom is -0.494 e. The summed E-state index contributed by atoms with van der Waals surface area (Å²) in [5.74, 6) is 1.49. The van der Waals surface area contributed by atoms with E-state index < -0.39 is 6.09 Å². The topological polar surface area (TPSA) is 49.8 Å². The van der Waals surface area contributed by atoms with Gasteiger partial charge in [-0.05, 0) is 67.7 Å². The van der Waals surface area contributed by atoms with Crippen LogP contribution < -0.4 is 4.74 Å². The lowest BCUT2D eigenvalue weighted by molar-refractivity contribution is 0.0379. The molecule has 1 aromatic rings. The van der Waals surface area contributed by atoms with Crippen LogP contribution in [0.4, 0.5) is 4.79 Å². The summed E-state index contributed by atoms with van der Waals surface area (Å²) in [4.78, 5) is 13.1. The summed E-state index contributed by atoms with van der Waals surface area (Å²) < 4.78 is 6.96. The van der Waals surface area contributed by atoms with E-state index in [9.17, 15) is 9.90 Å². The van der Waals surface area contributed by atoms with Gasteiger partial charge in [0.15, 0.2) is 0 Å². The Labute approximate surface area is 159 Å². The van der Waals surface area contributed by atoms with E-state index in [2.05, 4.69) is 43.6 Å². The van der Waals surface area contributed by atoms with Crippen molar-refractivity contribution in [3.8, 4) is 5.75 Å². The van der Waals surface area contributed by atoms with Gasteiger partial charge in [-0.15, -0.1) is 0 Å². The molecule has 1 amide bonds. The first-order chi connectivity index (χ1) is 11.7. The second-order valence-electron chi connectivity index (χ2n) is 8.15. The maximum atomic E-state index is 11.5. The number of rotatable bonds is 5. The summed E-state index contributed by atoms with van der Waals surface area (Å²) in [6, 6.07) is 6.14. The molecular weight excluding hydrogens is 382 g/mol. The Balaban J connectivity index is 1.81. The third kappa shape index (κ3) is 5.63. The zero-order valence-corrected chi connectivity index (χ0v) is 17.3. The molecule has 0 aromatic heterocycles. The molecule has 1 aliphatic heterocycles. The Hall–Kier alpha value is -1.23. The SMILES string of the molecule is Cc1cc(OCCCC2CCN(C(=O)O)C(C(C)(C)C)C2)ccc1Br. The molecule has 1 saturated heterocycles. The lowest BCUT2D eigenvalue weighted by atomic mass is 9.76. The summed E-state index contributed by atoms with van der Waals surface area (Å²) >= 11 is 3.50. The van der Waals surface area contributed by atoms with Gasteiger partial charge in [0.05, 0.1) is 6.61 Å². The van der Waals surface area contributed by atoms with Crippen molar-refractivity contribution < 1.29 is 14.6 Å². The van der Waals surface area contributed by atoms with Crippen LogP contribution in [0.1, 0.15) is 52.0 Å². The summed E-state index contributed by atoms with van der Waals surface area (Å²) in [5.41, 5.74) is 1.15. The molecule has 5 heteroatoms. The highest BCUT2D eigenvalue weighted by Gasteiger charge is 2.38. The first-order valence-corrected chi connectivity index (χ1v) is 9.86. The van der Waals surface area contributed by atoms with Crippen molar-refractivity contribution in [3.63, 3.8) is 0 Å². The van der Waals surface area contributed by atoms with Crippen molar-refractivity contribution in [1.29, 1.82) is 0 Å². The van der Waals surface area contributed by atoms with Gasteiger partial charge in [-0.1, -0.05) is 36.7 Å². The molecule has 2 atom stereocenters. The van der Waals surface area contributed by atoms with Crippen LogP contribution in [-0.2, 0) is 0 Å². The predicted octanol–water partition coefficient (Wildman–Crippen LogP) is 5.72. The number of carboxylic acid groups (broad SMARTS) is 1. The molecule has 2 rings (SSSR count). The highest BCUT2D eigenvalue weighted by Crippen LogP contribution is 2.36. The summed E-state index contributed by atoms with van der Waals surface area (Å²) in [6.07, 6.45) is 3.22. The van der Waals surface area contributed by atoms with Gasteiger partial charge < -0.3 is 14.7 Å². The standard InChI is InChI=1S/C20H30BrNO3/c1-14-12-16(7-8-17(14)21)25-11-5-6-15-9-10-22(19(23)24)18(13-15)20(2,3)4/h7-8,12,15,18H,5-6,9-11,13H2,1-4H3,(H,23,24). The van der Waals surface area contributed by atoms with E-state index in [1.165, 1.54) is 5.56 Å². The minimum absolute atomic E-state index is 0.0253. The number of aryl methyl sites for hydroxylation is 1. The molecule has 0 spiro atoms. The fourth-order valence-corrected chi connectivity index (χ4v) is 3.87. The third-order valence-electron chi connectivity index (χ3n) is 5.11. The van der Waals surface area contributed by atoms with Gasteiger partial charge in [0.2, 0.25) is 0 Å². The van der Waals surface area contributed by atoms with Crippen molar-refractivity contribution in [1.82, 2.24) is 4.90 Å². The number of carbonyl (C=O) groups is 1. The lowest BCUT2D eigenvalue weighted by Crippen LogP contribution is -2.51. The van der Waals surface area contributed by atoms with Gasteiger partial charge >= 0.3 is 6.09 Å². The molecule has 4 nitrogen and oxygen atoms in total. The number of nitrogens with zero attached hydrogens (tertiary/aromatic N) is 1. The molecule has 2 unspecified atom stereocenters. The van der Waals surface area contributed by atoms with E-state index in [-0.39, 0.29) is 11.5 Å². The lowest BCUT2D eigenvalue weighted by Gasteiger charge is -2.44. The van der Waals surface area contributed by atoms with E-state index in [0.717, 1.165) is 35.9 Å². The van der Waals surface area contributed by atoms with Crippen molar-refractivity contribution in [2.24, 2.45) is 11.3 Å². The quantitative estimate of drug-likeness (QED) is 0.629. The number of hydrogen-bond acceptors (Lipinski definition) is 2. The number of likely N-dealkylation sites (tertiary alicyclic amines) is 1. The van der Waals surface area contributed by atoms with E-state index in [4.69, 9.17) is 4.74 Å². The van der Waals surface area contributed by atoms with Crippen molar-refractivity contribution in [2.75, 3.05) is 13.2 Å². The Kier molecular flexibility index (Phi) is 6.78. The van der Waals surface area contributed by atoms with Gasteiger partial charge in [0.25, 0.3) is 0 Å². The van der Waals surface area contributed by atoms with Crippen molar-refractivity contribution in [3.05, 3.63) is 28.2 Å². The van der Waals surface area contributed by atoms with Crippen LogP contribution in [0.2, 0.25) is 0 Å². The molecule has 1 fully saturated rings. The fraction of sp³-hybridized carbons (Fsp3) is 0.650. The fourth-order valence-electron chi connectivity index (χ4n) is 3.62. The monoisotopic (exact) mass is 411 g/mol. The van der Waals surface area contributed by atoms with Gasteiger partial charge in [-0.25, -0.2) is 4.79 Å². The average Bonchev–Trinajstić information content (AvgIpc) is 2.53. The third-order valence-corrected chi connectivity index (χ3v) is 6.00. The molecule has 0 bridgehead atoms. The molecule has 1 aromatic carbocycles. The average molecular weight is 412 g/mol. The number of benzene rings is 1. The Bertz CT molecular complexity index is 597. The van der Waals surface area contributed by atoms with Crippen LogP contribution in [0.25, 0.3) is 0 Å². The minimum atomic E-state index is -0.785. The van der Waals surface area contributed by atoms with Gasteiger partial charge in [0.1, 0.15) is 5.75 Å². The summed E-state index contributed by atoms with van der Waals surface area (Å²) in [5, 5.41) is 9.44. The van der Waals surface area contributed by atoms with Crippen LogP contribution in [0.3, 0.4) is 0 Å². The number of hydrogen-bond donors (Lipinski definition) is 1. The van der Waals surface area contributed by atoms with Crippen LogP contribution in [-0.4, -0.2) is 35.3 Å². The summed E-state index contributed by atoms with van der Waals surface area (Å²) in [7, 11) is 0. The Morgan fingerprint density at radius 3 is 2.72 bits per heavy atom. The van der Waals surface area contributed by atoms with Gasteiger partial charge in [-0.3, -0.25) is 0 Å². The number of amides is 1. The first-order valence-electron chi connectivity index (χ1n) is 9.07. The summed E-state index contributed by atoms with van der Waals surface area (Å²) in [6.45, 7) is 9.81. The maximum absolute atomic E-state index is 11.5. The zero-order chi connectivity index (χ0) is 18.6. The second-order valence-corrected chi connectivity index (χ2v) is 9.00. The second kappa shape index (κ2) is 8.43. The molecule has 1 N–H and O–H groups in total. The molecule has 25 heavy (non-hydrogen) atoms. The van der Waals surface area contributed by atoms with E-state index in [1.807, 2.05) is 18.2 Å². The Morgan fingerprint density at radius 1 is 1.40 bits per heavy atom. The van der Waals surface area contributed by atoms with Crippen LogP contribution in [0.5, 0.6) is 5.75 Å². The van der Waals surface area contributed by atoms with E-state index >= 15 is 0 Å². The predicted molar refractivity (Wildman–Crippen MR) is 104 cm³/mol. The number of ether oxygens (including phenoxy) is 1. The molecule has 140 valence electrons. The molecule has 0 saturated carbocycles. The largest absolute Gasteiger partial charge is 0.494 e. The molecule has 0 aliphatic carbocycles. The van der Waals surface area contributed by atoms with Crippen molar-refractivity contribution >= 4 is 22.0 Å². The highest BCUT2D eigenvalue weighted by atomic mass is 79.9. The van der Waals surface area contributed by atoms with Crippen LogP contribution in [0, 0.1) is 18.3 Å².